The number of likely N-dealkylation sites (N-methyl/N-ethyl adjacent to an activating group) is 1. The Morgan fingerprint density at radius 1 is 1.00 bits per heavy atom. The van der Waals surface area contributed by atoms with Crippen LogP contribution in [0.3, 0.4) is 0 Å². The lowest BCUT2D eigenvalue weighted by Gasteiger charge is -2.48. The third-order valence-electron chi connectivity index (χ3n) is 13.7. The van der Waals surface area contributed by atoms with Gasteiger partial charge in [0.25, 0.3) is 0 Å². The molecule has 3 fully saturated rings. The number of aliphatic hydroxyl groups is 5. The molecular weight excluding hydrogens is 883 g/mol. The van der Waals surface area contributed by atoms with Crippen molar-refractivity contribution in [2.45, 2.75) is 191 Å². The molecule has 6 N–H and O–H groups in total. The Morgan fingerprint density at radius 2 is 1.63 bits per heavy atom. The number of carbonyl (C=O) groups is 2. The van der Waals surface area contributed by atoms with E-state index in [-0.39, 0.29) is 37.6 Å². The molecule has 4 rings (SSSR count). The highest BCUT2D eigenvalue weighted by atomic mass is 35.5. The van der Waals surface area contributed by atoms with Crippen LogP contribution in [0.2, 0.25) is 5.02 Å². The van der Waals surface area contributed by atoms with Gasteiger partial charge in [-0.15, -0.1) is 0 Å². The number of alkyl halides is 3. The number of benzene rings is 1. The largest absolute Gasteiger partial charge is 0.459 e. The van der Waals surface area contributed by atoms with E-state index in [9.17, 15) is 48.3 Å². The molecule has 16 nitrogen and oxygen atoms in total. The average molecular weight is 957 g/mol. The van der Waals surface area contributed by atoms with Gasteiger partial charge in [0.15, 0.2) is 12.6 Å². The molecule has 0 radical (unpaired) electrons. The summed E-state index contributed by atoms with van der Waals surface area (Å²) in [6.45, 7) is 15.7. The topological polar surface area (TPSA) is 209 Å². The molecule has 0 aromatic heterocycles. The first-order valence-corrected chi connectivity index (χ1v) is 22.7. The van der Waals surface area contributed by atoms with Crippen molar-refractivity contribution >= 4 is 29.3 Å². The van der Waals surface area contributed by atoms with Crippen molar-refractivity contribution in [1.82, 2.24) is 9.80 Å². The van der Waals surface area contributed by atoms with E-state index >= 15 is 0 Å². The summed E-state index contributed by atoms with van der Waals surface area (Å²) in [5, 5.41) is 61.4. The Labute approximate surface area is 385 Å². The second-order valence-corrected chi connectivity index (χ2v) is 19.9. The molecule has 374 valence electrons. The van der Waals surface area contributed by atoms with Gasteiger partial charge >= 0.3 is 18.2 Å². The van der Waals surface area contributed by atoms with Crippen molar-refractivity contribution < 1.29 is 76.7 Å². The van der Waals surface area contributed by atoms with Gasteiger partial charge in [0.1, 0.15) is 30.0 Å². The zero-order valence-corrected chi connectivity index (χ0v) is 40.6. The van der Waals surface area contributed by atoms with Crippen molar-refractivity contribution in [2.24, 2.45) is 17.8 Å². The lowest BCUT2D eigenvalue weighted by Crippen LogP contribution is -2.61. The van der Waals surface area contributed by atoms with Crippen LogP contribution in [0, 0.1) is 17.8 Å². The molecule has 3 saturated heterocycles. The van der Waals surface area contributed by atoms with Crippen LogP contribution >= 0.6 is 11.6 Å². The van der Waals surface area contributed by atoms with Gasteiger partial charge in [-0.25, -0.2) is 4.79 Å². The molecule has 3 aliphatic heterocycles. The molecule has 0 saturated carbocycles. The highest BCUT2D eigenvalue weighted by Gasteiger charge is 2.53. The number of esters is 1. The molecule has 1 aromatic carbocycles. The molecular formula is C45H73ClF3N3O13. The van der Waals surface area contributed by atoms with Crippen LogP contribution in [-0.2, 0) is 39.4 Å². The Kier molecular flexibility index (Phi) is 18.2. The molecule has 0 bridgehead atoms. The van der Waals surface area contributed by atoms with Gasteiger partial charge in [0.2, 0.25) is 0 Å². The molecule has 0 spiro atoms. The van der Waals surface area contributed by atoms with Gasteiger partial charge in [-0.3, -0.25) is 4.79 Å². The molecule has 2 amide bonds. The third-order valence-corrected chi connectivity index (χ3v) is 14.0. The highest BCUT2D eigenvalue weighted by molar-refractivity contribution is 6.31. The van der Waals surface area contributed by atoms with Crippen LogP contribution in [0.1, 0.15) is 100 Å². The molecule has 3 aliphatic rings. The molecule has 3 heterocycles. The van der Waals surface area contributed by atoms with Crippen LogP contribution in [0.4, 0.5) is 23.7 Å². The van der Waals surface area contributed by atoms with Gasteiger partial charge in [0, 0.05) is 37.7 Å². The number of nitrogens with zero attached hydrogens (tertiary/aromatic N) is 2. The summed E-state index contributed by atoms with van der Waals surface area (Å²) >= 11 is 5.85. The van der Waals surface area contributed by atoms with E-state index in [0.717, 1.165) is 11.0 Å². The SMILES string of the molecule is CC[C@H]1OC(=O)[C@H](C)[C@@H](O[C@H]2C[C@@](C)(OC)[C@@H](O)[C@H](C)O2)[C@H](C)[C@@H](O[C@@H]2O[C@H](C)C[C@H](N(C)C)[C@H]2O)C(C)(O)C[C@@H](C)CN(C(=O)Nc2ccc(Cl)c(C(F)(F)F)c2)[C@H](C)[C@@H](O)[C@]1(C)O. The fourth-order valence-corrected chi connectivity index (χ4v) is 10.0. The molecule has 1 aromatic rings. The van der Waals surface area contributed by atoms with Crippen molar-refractivity contribution in [3.63, 3.8) is 0 Å². The zero-order chi connectivity index (χ0) is 49.3. The molecule has 1 unspecified atom stereocenters. The van der Waals surface area contributed by atoms with E-state index in [4.69, 9.17) is 40.0 Å². The summed E-state index contributed by atoms with van der Waals surface area (Å²) in [6, 6.07) is 0.204. The quantitative estimate of drug-likeness (QED) is 0.186. The zero-order valence-electron chi connectivity index (χ0n) is 39.8. The van der Waals surface area contributed by atoms with E-state index in [1.165, 1.54) is 40.9 Å². The maximum atomic E-state index is 14.5. The maximum absolute atomic E-state index is 14.5. The number of amides is 2. The number of hydrogen-bond donors (Lipinski definition) is 6. The summed E-state index contributed by atoms with van der Waals surface area (Å²) in [5.74, 6) is -3.71. The summed E-state index contributed by atoms with van der Waals surface area (Å²) in [5.41, 5.74) is -6.69. The second-order valence-electron chi connectivity index (χ2n) is 19.5. The van der Waals surface area contributed by atoms with Gasteiger partial charge in [-0.2, -0.15) is 13.2 Å². The van der Waals surface area contributed by atoms with Gasteiger partial charge < -0.3 is 69.1 Å². The first-order valence-electron chi connectivity index (χ1n) is 22.4. The minimum Gasteiger partial charge on any atom is -0.459 e. The molecule has 20 heteroatoms. The van der Waals surface area contributed by atoms with Crippen molar-refractivity contribution in [2.75, 3.05) is 33.1 Å². The molecule has 0 aliphatic carbocycles. The number of anilines is 1. The Morgan fingerprint density at radius 3 is 2.20 bits per heavy atom. The number of nitrogens with one attached hydrogen (secondary N) is 1. The van der Waals surface area contributed by atoms with E-state index in [0.29, 0.717) is 12.5 Å². The van der Waals surface area contributed by atoms with Crippen LogP contribution in [0.15, 0.2) is 18.2 Å². The number of urea groups is 1. The Bertz CT molecular complexity index is 1760. The molecule has 18 atom stereocenters. The number of aliphatic hydroxyl groups excluding tert-OH is 3. The van der Waals surface area contributed by atoms with Crippen LogP contribution in [0.5, 0.6) is 0 Å². The summed E-state index contributed by atoms with van der Waals surface area (Å²) in [6.07, 6.45) is -16.0. The maximum Gasteiger partial charge on any atom is 0.417 e. The van der Waals surface area contributed by atoms with Crippen LogP contribution in [-0.4, -0.2) is 165 Å². The molecule has 65 heavy (non-hydrogen) atoms. The monoisotopic (exact) mass is 955 g/mol. The lowest BCUT2D eigenvalue weighted by atomic mass is 9.77. The number of ether oxygens (including phenoxy) is 6. The normalized spacial score (nSPS) is 41.9. The first kappa shape index (κ1) is 55.2. The van der Waals surface area contributed by atoms with E-state index in [1.807, 2.05) is 25.9 Å². The van der Waals surface area contributed by atoms with Crippen LogP contribution in [0.25, 0.3) is 0 Å². The minimum atomic E-state index is -4.84. The van der Waals surface area contributed by atoms with E-state index in [1.54, 1.807) is 34.6 Å². The average Bonchev–Trinajstić information content (AvgIpc) is 3.21. The number of methoxy groups -OCH3 is 1. The fraction of sp³-hybridized carbons (Fsp3) is 0.822. The summed E-state index contributed by atoms with van der Waals surface area (Å²) < 4.78 is 79.0. The highest BCUT2D eigenvalue weighted by Crippen LogP contribution is 2.41. The number of cyclic esters (lactones) is 1. The number of hydrogen-bond acceptors (Lipinski definition) is 14. The van der Waals surface area contributed by atoms with E-state index in [2.05, 4.69) is 5.32 Å². The van der Waals surface area contributed by atoms with Crippen molar-refractivity contribution in [3.8, 4) is 0 Å². The Balaban J connectivity index is 1.87. The number of halogens is 4. The third kappa shape index (κ3) is 12.6. The van der Waals surface area contributed by atoms with Gasteiger partial charge in [-0.05, 0) is 106 Å². The Hall–Kier alpha value is -2.40. The van der Waals surface area contributed by atoms with E-state index < -0.39 is 131 Å². The number of rotatable bonds is 8. The van der Waals surface area contributed by atoms with Gasteiger partial charge in [-0.1, -0.05) is 32.4 Å². The summed E-state index contributed by atoms with van der Waals surface area (Å²) in [4.78, 5) is 31.7. The first-order chi connectivity index (χ1) is 29.9. The predicted molar refractivity (Wildman–Crippen MR) is 234 cm³/mol. The van der Waals surface area contributed by atoms with Crippen molar-refractivity contribution in [3.05, 3.63) is 28.8 Å². The summed E-state index contributed by atoms with van der Waals surface area (Å²) in [7, 11) is 5.07. The second kappa shape index (κ2) is 21.5. The smallest absolute Gasteiger partial charge is 0.417 e. The van der Waals surface area contributed by atoms with Gasteiger partial charge in [0.05, 0.1) is 58.2 Å². The minimum absolute atomic E-state index is 0.0141. The fourth-order valence-electron chi connectivity index (χ4n) is 9.79. The standard InChI is InChI=1S/C45H73ClF3N3O13/c1-14-32-44(10,59)36(54)26(6)52(41(57)50-28-15-16-30(46)29(18-28)45(47,48)49)21-22(2)19-42(8,58)38(65-40-34(53)31(51(11)12)17-23(3)61-40)24(4)35(25(5)39(56)63-32)64-33-20-43(9,60-13)37(55)27(7)62-33/h15-16,18,22-27,31-38,40,53-55,58-59H,14,17,19-21H2,1-13H3,(H,50,57)/t22-,23-,24+,25-,26-,27+,31+,32-,33+,34-,35+,36-,37+,38-,40+,42?,43-,44-/m1/s1. The van der Waals surface area contributed by atoms with Crippen LogP contribution < -0.4 is 5.32 Å². The predicted octanol–water partition coefficient (Wildman–Crippen LogP) is 5.18. The lowest BCUT2D eigenvalue weighted by molar-refractivity contribution is -0.318. The van der Waals surface area contributed by atoms with Crippen molar-refractivity contribution in [1.29, 1.82) is 0 Å². The number of carbonyl (C=O) groups excluding carboxylic acids is 2.